The molecule has 0 bridgehead atoms. The molecule has 0 aliphatic rings. The highest BCUT2D eigenvalue weighted by Gasteiger charge is 2.19. The fraction of sp³-hybridized carbons (Fsp3) is 0.130. The first kappa shape index (κ1) is 17.3. The largest absolute Gasteiger partial charge is 0.494 e. The lowest BCUT2D eigenvalue weighted by Gasteiger charge is -2.13. The van der Waals surface area contributed by atoms with Crippen LogP contribution in [-0.4, -0.2) is 31.4 Å². The Morgan fingerprint density at radius 2 is 1.52 bits per heavy atom. The Hall–Kier alpha value is -3.80. The summed E-state index contributed by atoms with van der Waals surface area (Å²) in [6, 6.07) is 12.0. The number of methoxy groups -OCH3 is 1. The quantitative estimate of drug-likeness (QED) is 0.456. The van der Waals surface area contributed by atoms with Gasteiger partial charge in [-0.3, -0.25) is 14.4 Å². The highest BCUT2D eigenvalue weighted by Crippen LogP contribution is 2.35. The van der Waals surface area contributed by atoms with Crippen molar-refractivity contribution in [2.45, 2.75) is 13.8 Å². The van der Waals surface area contributed by atoms with Gasteiger partial charge < -0.3 is 4.74 Å². The Morgan fingerprint density at radius 1 is 0.828 bits per heavy atom. The number of rotatable bonds is 3. The van der Waals surface area contributed by atoms with Gasteiger partial charge in [-0.05, 0) is 49.7 Å². The molecule has 0 unspecified atom stereocenters. The van der Waals surface area contributed by atoms with Crippen LogP contribution < -0.4 is 4.74 Å². The van der Waals surface area contributed by atoms with Gasteiger partial charge in [-0.2, -0.15) is 0 Å². The van der Waals surface area contributed by atoms with Crippen LogP contribution in [-0.2, 0) is 0 Å². The number of pyridine rings is 2. The van der Waals surface area contributed by atoms with Gasteiger partial charge >= 0.3 is 0 Å². The molecule has 0 saturated carbocycles. The second-order valence-electron chi connectivity index (χ2n) is 6.93. The van der Waals surface area contributed by atoms with E-state index in [1.165, 1.54) is 0 Å². The first-order valence-corrected chi connectivity index (χ1v) is 9.35. The van der Waals surface area contributed by atoms with Crippen molar-refractivity contribution in [3.05, 3.63) is 72.6 Å². The maximum atomic E-state index is 5.72. The smallest absolute Gasteiger partial charge is 0.147 e. The normalized spacial score (nSPS) is 11.3. The minimum Gasteiger partial charge on any atom is -0.494 e. The van der Waals surface area contributed by atoms with Crippen LogP contribution in [0.3, 0.4) is 0 Å². The Balaban J connectivity index is 1.95. The minimum atomic E-state index is 0.717. The van der Waals surface area contributed by atoms with Crippen LogP contribution in [0, 0.1) is 13.8 Å². The van der Waals surface area contributed by atoms with Gasteiger partial charge in [-0.25, -0.2) is 9.97 Å². The van der Waals surface area contributed by atoms with E-state index in [4.69, 9.17) is 14.7 Å². The predicted molar refractivity (Wildman–Crippen MR) is 113 cm³/mol. The number of imidazole rings is 1. The van der Waals surface area contributed by atoms with Crippen LogP contribution in [0.25, 0.3) is 39.1 Å². The Labute approximate surface area is 167 Å². The molecule has 142 valence electrons. The van der Waals surface area contributed by atoms with Crippen molar-refractivity contribution in [2.75, 3.05) is 7.11 Å². The third-order valence-electron chi connectivity index (χ3n) is 5.10. The fourth-order valence-electron chi connectivity index (χ4n) is 3.83. The number of fused-ring (bicyclic) bond motifs is 3. The Morgan fingerprint density at radius 3 is 2.17 bits per heavy atom. The van der Waals surface area contributed by atoms with E-state index in [1.54, 1.807) is 19.5 Å². The summed E-state index contributed by atoms with van der Waals surface area (Å²) in [6.07, 6.45) is 7.21. The fourth-order valence-corrected chi connectivity index (χ4v) is 3.83. The summed E-state index contributed by atoms with van der Waals surface area (Å²) < 4.78 is 7.88. The summed E-state index contributed by atoms with van der Waals surface area (Å²) in [4.78, 5) is 18.3. The molecule has 1 aromatic carbocycles. The molecule has 0 amide bonds. The monoisotopic (exact) mass is 381 g/mol. The maximum Gasteiger partial charge on any atom is 0.147 e. The average molecular weight is 381 g/mol. The van der Waals surface area contributed by atoms with Gasteiger partial charge in [-0.15, -0.1) is 0 Å². The van der Waals surface area contributed by atoms with Gasteiger partial charge in [0.05, 0.1) is 29.5 Å². The molecule has 4 aromatic heterocycles. The number of hydrogen-bond donors (Lipinski definition) is 0. The summed E-state index contributed by atoms with van der Waals surface area (Å²) in [7, 11) is 1.67. The summed E-state index contributed by atoms with van der Waals surface area (Å²) in [5, 5.41) is 0. The van der Waals surface area contributed by atoms with E-state index in [9.17, 15) is 0 Å². The second kappa shape index (κ2) is 6.67. The minimum absolute atomic E-state index is 0.717. The number of aromatic nitrogens is 5. The number of benzene rings is 1. The lowest BCUT2D eigenvalue weighted by Crippen LogP contribution is -2.00. The molecular formula is C23H19N5O. The molecule has 5 rings (SSSR count). The molecule has 6 heteroatoms. The van der Waals surface area contributed by atoms with Crippen molar-refractivity contribution in [1.82, 2.24) is 24.3 Å². The van der Waals surface area contributed by atoms with Crippen molar-refractivity contribution in [2.24, 2.45) is 0 Å². The molecule has 0 radical (unpaired) electrons. The van der Waals surface area contributed by atoms with Gasteiger partial charge in [0.25, 0.3) is 0 Å². The van der Waals surface area contributed by atoms with E-state index in [0.29, 0.717) is 0 Å². The molecule has 29 heavy (non-hydrogen) atoms. The van der Waals surface area contributed by atoms with E-state index < -0.39 is 0 Å². The summed E-state index contributed by atoms with van der Waals surface area (Å²) in [6.45, 7) is 4.02. The van der Waals surface area contributed by atoms with Gasteiger partial charge in [-0.1, -0.05) is 6.07 Å². The highest BCUT2D eigenvalue weighted by atomic mass is 16.5. The van der Waals surface area contributed by atoms with Crippen LogP contribution >= 0.6 is 0 Å². The zero-order valence-electron chi connectivity index (χ0n) is 16.4. The van der Waals surface area contributed by atoms with Crippen molar-refractivity contribution in [3.8, 4) is 28.3 Å². The molecule has 0 N–H and O–H groups in total. The topological polar surface area (TPSA) is 65.2 Å². The van der Waals surface area contributed by atoms with Crippen molar-refractivity contribution < 1.29 is 4.74 Å². The van der Waals surface area contributed by atoms with Gasteiger partial charge in [0.2, 0.25) is 0 Å². The number of nitrogens with zero attached hydrogens (tertiary/aromatic N) is 5. The van der Waals surface area contributed by atoms with Crippen LogP contribution in [0.1, 0.15) is 11.4 Å². The molecule has 5 aromatic rings. The number of aryl methyl sites for hydroxylation is 2. The molecular weight excluding hydrogens is 362 g/mol. The molecule has 4 heterocycles. The molecule has 0 saturated heterocycles. The summed E-state index contributed by atoms with van der Waals surface area (Å²) in [5.41, 5.74) is 7.55. The van der Waals surface area contributed by atoms with Crippen molar-refractivity contribution >= 4 is 16.6 Å². The average Bonchev–Trinajstić information content (AvgIpc) is 3.13. The lowest BCUT2D eigenvalue weighted by molar-refractivity contribution is 0.419. The molecule has 0 spiro atoms. The van der Waals surface area contributed by atoms with E-state index in [0.717, 1.165) is 56.2 Å². The third kappa shape index (κ3) is 2.72. The van der Waals surface area contributed by atoms with Crippen LogP contribution in [0.4, 0.5) is 0 Å². The van der Waals surface area contributed by atoms with E-state index >= 15 is 0 Å². The van der Waals surface area contributed by atoms with Gasteiger partial charge in [0.1, 0.15) is 17.1 Å². The molecule has 0 aliphatic carbocycles. The Kier molecular flexibility index (Phi) is 3.98. The second-order valence-corrected chi connectivity index (χ2v) is 6.93. The van der Waals surface area contributed by atoms with Crippen LogP contribution in [0.2, 0.25) is 0 Å². The number of hydrogen-bond acceptors (Lipinski definition) is 5. The predicted octanol–water partition coefficient (Wildman–Crippen LogP) is 4.63. The Bertz CT molecular complexity index is 1340. The van der Waals surface area contributed by atoms with Crippen molar-refractivity contribution in [3.63, 3.8) is 0 Å². The van der Waals surface area contributed by atoms with Gasteiger partial charge in [0.15, 0.2) is 0 Å². The van der Waals surface area contributed by atoms with Crippen LogP contribution in [0.15, 0.2) is 61.2 Å². The zero-order valence-corrected chi connectivity index (χ0v) is 16.4. The third-order valence-corrected chi connectivity index (χ3v) is 5.10. The molecule has 0 atom stereocenters. The first-order valence-electron chi connectivity index (χ1n) is 9.35. The first-order chi connectivity index (χ1) is 14.2. The molecule has 6 nitrogen and oxygen atoms in total. The zero-order chi connectivity index (χ0) is 20.0. The van der Waals surface area contributed by atoms with Crippen LogP contribution in [0.5, 0.6) is 5.75 Å². The maximum absolute atomic E-state index is 5.72. The molecule has 0 aliphatic heterocycles. The summed E-state index contributed by atoms with van der Waals surface area (Å²) in [5.74, 6) is 1.56. The SMILES string of the molecule is COc1cc(-c2cccnc2)cc2c1nc(C)c1c(C)nc(-c3cccnc3)n12. The van der Waals surface area contributed by atoms with E-state index in [-0.39, 0.29) is 0 Å². The number of ether oxygens (including phenoxy) is 1. The highest BCUT2D eigenvalue weighted by molar-refractivity contribution is 5.91. The van der Waals surface area contributed by atoms with Gasteiger partial charge in [0, 0.05) is 35.9 Å². The van der Waals surface area contributed by atoms with E-state index in [2.05, 4.69) is 20.4 Å². The van der Waals surface area contributed by atoms with E-state index in [1.807, 2.05) is 56.6 Å². The standard InChI is InChI=1S/C23H19N5O/c1-14-22-15(2)27-23(17-7-5-9-25-13-17)28(22)19-10-18(16-6-4-8-24-12-16)11-20(29-3)21(19)26-14/h4-13H,1-3H3. The molecule has 0 fully saturated rings. The summed E-state index contributed by atoms with van der Waals surface area (Å²) >= 11 is 0. The van der Waals surface area contributed by atoms with Crippen molar-refractivity contribution in [1.29, 1.82) is 0 Å². The lowest BCUT2D eigenvalue weighted by atomic mass is 10.1.